The number of H-pyrrole nitrogens is 1. The first-order valence-corrected chi connectivity index (χ1v) is 13.5. The summed E-state index contributed by atoms with van der Waals surface area (Å²) in [4.78, 5) is 34.1. The minimum Gasteiger partial charge on any atom is -0.444 e. The van der Waals surface area contributed by atoms with Crippen LogP contribution in [0.15, 0.2) is 34.8 Å². The normalized spacial score (nSPS) is 17.2. The largest absolute Gasteiger partial charge is 0.444 e. The van der Waals surface area contributed by atoms with Crippen LogP contribution < -0.4 is 4.90 Å². The molecule has 3 aromatic rings. The number of anilines is 1. The van der Waals surface area contributed by atoms with Crippen LogP contribution in [0, 0.1) is 0 Å². The molecule has 2 aliphatic rings. The van der Waals surface area contributed by atoms with Crippen LogP contribution in [0.2, 0.25) is 0 Å². The zero-order valence-electron chi connectivity index (χ0n) is 21.9. The summed E-state index contributed by atoms with van der Waals surface area (Å²) in [5, 5.41) is 0.970. The molecular formula is C29H34BrN3O3. The number of aromatic nitrogens is 1. The van der Waals surface area contributed by atoms with Crippen molar-refractivity contribution in [2.24, 2.45) is 0 Å². The van der Waals surface area contributed by atoms with Gasteiger partial charge in [-0.15, -0.1) is 0 Å². The van der Waals surface area contributed by atoms with Crippen molar-refractivity contribution in [2.75, 3.05) is 31.1 Å². The van der Waals surface area contributed by atoms with Crippen LogP contribution in [0.4, 0.5) is 10.5 Å². The summed E-state index contributed by atoms with van der Waals surface area (Å²) < 4.78 is 6.55. The fourth-order valence-electron chi connectivity index (χ4n) is 5.52. The van der Waals surface area contributed by atoms with E-state index in [1.807, 2.05) is 39.0 Å². The number of halogens is 1. The number of carbonyl (C=O) groups excluding carboxylic acids is 2. The lowest BCUT2D eigenvalue weighted by Crippen LogP contribution is -2.50. The number of piperazine rings is 1. The van der Waals surface area contributed by atoms with E-state index in [0.717, 1.165) is 68.5 Å². The van der Waals surface area contributed by atoms with E-state index >= 15 is 0 Å². The van der Waals surface area contributed by atoms with Gasteiger partial charge in [0.1, 0.15) is 5.60 Å². The van der Waals surface area contributed by atoms with Crippen molar-refractivity contribution in [3.05, 3.63) is 62.8 Å². The van der Waals surface area contributed by atoms with Gasteiger partial charge in [0.2, 0.25) is 0 Å². The molecule has 0 unspecified atom stereocenters. The highest BCUT2D eigenvalue weighted by Crippen LogP contribution is 2.46. The van der Waals surface area contributed by atoms with Crippen molar-refractivity contribution < 1.29 is 14.3 Å². The van der Waals surface area contributed by atoms with Crippen LogP contribution in [-0.2, 0) is 16.6 Å². The fourth-order valence-corrected chi connectivity index (χ4v) is 5.88. The summed E-state index contributed by atoms with van der Waals surface area (Å²) in [6.45, 7) is 14.9. The first kappa shape index (κ1) is 24.9. The van der Waals surface area contributed by atoms with Gasteiger partial charge in [-0.1, -0.05) is 42.8 Å². The number of carbonyl (C=O) groups is 2. The third-order valence-corrected chi connectivity index (χ3v) is 7.90. The molecule has 5 rings (SSSR count). The van der Waals surface area contributed by atoms with E-state index in [2.05, 4.69) is 58.7 Å². The van der Waals surface area contributed by atoms with E-state index < -0.39 is 5.60 Å². The van der Waals surface area contributed by atoms with E-state index in [1.165, 1.54) is 0 Å². The van der Waals surface area contributed by atoms with Crippen LogP contribution in [0.3, 0.4) is 0 Å². The van der Waals surface area contributed by atoms with Gasteiger partial charge < -0.3 is 19.5 Å². The molecule has 1 fully saturated rings. The second-order valence-electron chi connectivity index (χ2n) is 11.4. The number of ketones is 1. The first-order chi connectivity index (χ1) is 16.9. The topological polar surface area (TPSA) is 65.6 Å². The average molecular weight is 553 g/mol. The molecule has 1 saturated heterocycles. The van der Waals surface area contributed by atoms with Crippen molar-refractivity contribution in [2.45, 2.75) is 59.0 Å². The van der Waals surface area contributed by atoms with Gasteiger partial charge in [0.05, 0.1) is 5.56 Å². The molecule has 0 atom stereocenters. The summed E-state index contributed by atoms with van der Waals surface area (Å²) in [6, 6.07) is 10.4. The molecule has 36 heavy (non-hydrogen) atoms. The van der Waals surface area contributed by atoms with Gasteiger partial charge in [-0.05, 0) is 62.6 Å². The molecule has 1 aromatic heterocycles. The smallest absolute Gasteiger partial charge is 0.410 e. The number of rotatable bonds is 2. The number of hydrogen-bond donors (Lipinski definition) is 1. The number of nitrogens with zero attached hydrogens (tertiary/aromatic N) is 2. The Morgan fingerprint density at radius 3 is 2.44 bits per heavy atom. The van der Waals surface area contributed by atoms with Crippen molar-refractivity contribution in [1.82, 2.24) is 9.88 Å². The Hall–Kier alpha value is -2.80. The van der Waals surface area contributed by atoms with Gasteiger partial charge in [0.25, 0.3) is 0 Å². The maximum Gasteiger partial charge on any atom is 0.410 e. The predicted molar refractivity (Wildman–Crippen MR) is 147 cm³/mol. The Kier molecular flexibility index (Phi) is 5.98. The molecule has 0 radical (unpaired) electrons. The van der Waals surface area contributed by atoms with E-state index in [0.29, 0.717) is 13.1 Å². The van der Waals surface area contributed by atoms with Crippen LogP contribution >= 0.6 is 15.9 Å². The monoisotopic (exact) mass is 551 g/mol. The highest BCUT2D eigenvalue weighted by atomic mass is 79.9. The Morgan fingerprint density at radius 1 is 1.11 bits per heavy atom. The molecule has 0 spiro atoms. The first-order valence-electron chi connectivity index (χ1n) is 12.7. The molecule has 1 N–H and O–H groups in total. The quantitative estimate of drug-likeness (QED) is 0.399. The Morgan fingerprint density at radius 2 is 1.81 bits per heavy atom. The number of aromatic amines is 1. The van der Waals surface area contributed by atoms with Crippen molar-refractivity contribution >= 4 is 44.4 Å². The summed E-state index contributed by atoms with van der Waals surface area (Å²) in [6.07, 6.45) is 0.573. The third-order valence-electron chi connectivity index (χ3n) is 7.40. The van der Waals surface area contributed by atoms with Crippen molar-refractivity contribution in [3.63, 3.8) is 0 Å². The lowest BCUT2D eigenvalue weighted by molar-refractivity contribution is 0.0240. The molecule has 7 heteroatoms. The SMILES string of the molecule is CCc1cc2c(cc1N1CCN(C(=O)OC(C)(C)C)CC1)C(C)(C)c1[nH]c3cc(Br)ccc3c1C2=O. The lowest BCUT2D eigenvalue weighted by Gasteiger charge is -2.39. The molecule has 2 aromatic carbocycles. The number of nitrogens with one attached hydrogen (secondary N) is 1. The van der Waals surface area contributed by atoms with E-state index in [9.17, 15) is 9.59 Å². The number of amides is 1. The predicted octanol–water partition coefficient (Wildman–Crippen LogP) is 6.42. The van der Waals surface area contributed by atoms with Crippen LogP contribution in [-0.4, -0.2) is 53.5 Å². The maximum absolute atomic E-state index is 13.8. The summed E-state index contributed by atoms with van der Waals surface area (Å²) in [5.41, 5.74) is 6.03. The Labute approximate surface area is 221 Å². The van der Waals surface area contributed by atoms with Crippen molar-refractivity contribution in [3.8, 4) is 0 Å². The maximum atomic E-state index is 13.8. The molecule has 1 aliphatic heterocycles. The molecular weight excluding hydrogens is 518 g/mol. The van der Waals surface area contributed by atoms with Crippen molar-refractivity contribution in [1.29, 1.82) is 0 Å². The van der Waals surface area contributed by atoms with Crippen LogP contribution in [0.1, 0.15) is 74.3 Å². The number of fused-ring (bicyclic) bond motifs is 4. The Bertz CT molecular complexity index is 1370. The number of benzene rings is 2. The second kappa shape index (κ2) is 8.65. The van der Waals surface area contributed by atoms with E-state index in [-0.39, 0.29) is 17.3 Å². The standard InChI is InChI=1S/C29H34BrN3O3/c1-7-17-14-20-21(16-23(17)32-10-12-33(13-11-32)27(35)36-28(2,3)4)29(5,6)26-24(25(20)34)19-9-8-18(30)15-22(19)31-26/h8-9,14-16,31H,7,10-13H2,1-6H3. The molecule has 2 heterocycles. The minimum atomic E-state index is -0.502. The van der Waals surface area contributed by atoms with E-state index in [1.54, 1.807) is 4.90 Å². The molecule has 190 valence electrons. The molecule has 6 nitrogen and oxygen atoms in total. The van der Waals surface area contributed by atoms with E-state index in [4.69, 9.17) is 4.74 Å². The van der Waals surface area contributed by atoms with Crippen LogP contribution in [0.5, 0.6) is 0 Å². The number of ether oxygens (including phenoxy) is 1. The van der Waals surface area contributed by atoms with Gasteiger partial charge in [0.15, 0.2) is 5.78 Å². The lowest BCUT2D eigenvalue weighted by atomic mass is 9.70. The molecule has 1 amide bonds. The molecule has 0 bridgehead atoms. The van der Waals surface area contributed by atoms with Gasteiger partial charge >= 0.3 is 6.09 Å². The molecule has 0 saturated carbocycles. The zero-order valence-corrected chi connectivity index (χ0v) is 23.5. The summed E-state index contributed by atoms with van der Waals surface area (Å²) >= 11 is 3.55. The average Bonchev–Trinajstić information content (AvgIpc) is 3.21. The fraction of sp³-hybridized carbons (Fsp3) is 0.448. The second-order valence-corrected chi connectivity index (χ2v) is 12.3. The van der Waals surface area contributed by atoms with Crippen LogP contribution in [0.25, 0.3) is 10.9 Å². The highest BCUT2D eigenvalue weighted by molar-refractivity contribution is 9.10. The summed E-state index contributed by atoms with van der Waals surface area (Å²) in [7, 11) is 0. The molecule has 1 aliphatic carbocycles. The zero-order chi connectivity index (χ0) is 26.0. The minimum absolute atomic E-state index is 0.0869. The van der Waals surface area contributed by atoms with Gasteiger partial charge in [-0.3, -0.25) is 4.79 Å². The summed E-state index contributed by atoms with van der Waals surface area (Å²) in [5.74, 6) is 0.0869. The highest BCUT2D eigenvalue weighted by Gasteiger charge is 2.40. The van der Waals surface area contributed by atoms with Gasteiger partial charge in [-0.2, -0.15) is 0 Å². The van der Waals surface area contributed by atoms with Gasteiger partial charge in [0, 0.05) is 63.9 Å². The van der Waals surface area contributed by atoms with Gasteiger partial charge in [-0.25, -0.2) is 4.79 Å². The Balaban J connectivity index is 1.50. The number of aryl methyl sites for hydroxylation is 1. The number of hydrogen-bond acceptors (Lipinski definition) is 4. The third kappa shape index (κ3) is 4.11.